The molecule has 0 radical (unpaired) electrons. The first-order valence-corrected chi connectivity index (χ1v) is 7.28. The average molecular weight is 274 g/mol. The number of fused-ring (bicyclic) bond motifs is 1. The first-order chi connectivity index (χ1) is 9.70. The van der Waals surface area contributed by atoms with Crippen molar-refractivity contribution in [3.63, 3.8) is 0 Å². The van der Waals surface area contributed by atoms with E-state index in [1.54, 1.807) is 0 Å². The summed E-state index contributed by atoms with van der Waals surface area (Å²) < 4.78 is 0. The smallest absolute Gasteiger partial charge is 0.172 e. The second-order valence-corrected chi connectivity index (χ2v) is 5.79. The van der Waals surface area contributed by atoms with Gasteiger partial charge in [-0.2, -0.15) is 0 Å². The largest absolute Gasteiger partial charge is 0.409 e. The van der Waals surface area contributed by atoms with Gasteiger partial charge >= 0.3 is 0 Å². The molecule has 2 aliphatic rings. The summed E-state index contributed by atoms with van der Waals surface area (Å²) in [6, 6.07) is 9.00. The van der Waals surface area contributed by atoms with Crippen molar-refractivity contribution in [1.29, 1.82) is 0 Å². The molecule has 2 unspecified atom stereocenters. The highest BCUT2D eigenvalue weighted by molar-refractivity contribution is 6.02. The third kappa shape index (κ3) is 2.22. The Morgan fingerprint density at radius 1 is 1.35 bits per heavy atom. The van der Waals surface area contributed by atoms with Gasteiger partial charge in [0.1, 0.15) is 0 Å². The predicted octanol–water partition coefficient (Wildman–Crippen LogP) is 1.45. The summed E-state index contributed by atoms with van der Waals surface area (Å²) >= 11 is 0. The van der Waals surface area contributed by atoms with Crippen LogP contribution in [0.3, 0.4) is 0 Å². The second kappa shape index (κ2) is 5.32. The highest BCUT2D eigenvalue weighted by Crippen LogP contribution is 2.30. The molecule has 3 rings (SSSR count). The summed E-state index contributed by atoms with van der Waals surface area (Å²) in [5, 5.41) is 12.1. The topological polar surface area (TPSA) is 65.1 Å². The molecule has 0 amide bonds. The number of benzene rings is 1. The van der Waals surface area contributed by atoms with Gasteiger partial charge < -0.3 is 15.8 Å². The highest BCUT2D eigenvalue weighted by Gasteiger charge is 2.35. The van der Waals surface area contributed by atoms with Crippen LogP contribution in [0.5, 0.6) is 0 Å². The van der Waals surface area contributed by atoms with Gasteiger partial charge in [0.05, 0.1) is 0 Å². The van der Waals surface area contributed by atoms with Crippen LogP contribution in [0, 0.1) is 0 Å². The number of hydrogen-bond acceptors (Lipinski definition) is 4. The van der Waals surface area contributed by atoms with E-state index in [0.29, 0.717) is 12.1 Å². The zero-order chi connectivity index (χ0) is 14.1. The Morgan fingerprint density at radius 3 is 2.95 bits per heavy atom. The van der Waals surface area contributed by atoms with E-state index in [0.717, 1.165) is 24.3 Å². The SMILES string of the molecule is CC1CN2CCCC2CN1c1ccccc1/C(N)=N/O. The summed E-state index contributed by atoms with van der Waals surface area (Å²) in [5.41, 5.74) is 7.70. The van der Waals surface area contributed by atoms with Gasteiger partial charge in [0, 0.05) is 36.4 Å². The van der Waals surface area contributed by atoms with Crippen LogP contribution in [0.4, 0.5) is 5.69 Å². The normalized spacial score (nSPS) is 27.6. The van der Waals surface area contributed by atoms with Gasteiger partial charge in [-0.3, -0.25) is 4.90 Å². The first-order valence-electron chi connectivity index (χ1n) is 7.28. The molecular formula is C15H22N4O. The fourth-order valence-electron chi connectivity index (χ4n) is 3.52. The van der Waals surface area contributed by atoms with E-state index in [1.165, 1.54) is 19.4 Å². The van der Waals surface area contributed by atoms with Gasteiger partial charge in [0.2, 0.25) is 0 Å². The monoisotopic (exact) mass is 274 g/mol. The van der Waals surface area contributed by atoms with Gasteiger partial charge in [0.15, 0.2) is 5.84 Å². The van der Waals surface area contributed by atoms with E-state index in [2.05, 4.69) is 27.9 Å². The lowest BCUT2D eigenvalue weighted by Gasteiger charge is -2.44. The lowest BCUT2D eigenvalue weighted by Crippen LogP contribution is -2.55. The zero-order valence-electron chi connectivity index (χ0n) is 11.9. The van der Waals surface area contributed by atoms with E-state index in [1.807, 2.05) is 18.2 Å². The summed E-state index contributed by atoms with van der Waals surface area (Å²) in [6.07, 6.45) is 2.57. The molecule has 0 saturated carbocycles. The zero-order valence-corrected chi connectivity index (χ0v) is 11.9. The molecular weight excluding hydrogens is 252 g/mol. The molecule has 1 aromatic carbocycles. The van der Waals surface area contributed by atoms with Crippen molar-refractivity contribution in [2.45, 2.75) is 31.8 Å². The Morgan fingerprint density at radius 2 is 2.15 bits per heavy atom. The summed E-state index contributed by atoms with van der Waals surface area (Å²) in [6.45, 7) is 5.59. The number of anilines is 1. The Balaban J connectivity index is 1.92. The molecule has 1 aromatic rings. The molecule has 2 aliphatic heterocycles. The molecule has 2 heterocycles. The number of para-hydroxylation sites is 1. The summed E-state index contributed by atoms with van der Waals surface area (Å²) in [5.74, 6) is 0.182. The van der Waals surface area contributed by atoms with Gasteiger partial charge in [0.25, 0.3) is 0 Å². The molecule has 2 saturated heterocycles. The third-order valence-electron chi connectivity index (χ3n) is 4.53. The molecule has 0 bridgehead atoms. The maximum atomic E-state index is 8.96. The molecule has 0 aromatic heterocycles. The number of nitrogens with two attached hydrogens (primary N) is 1. The fourth-order valence-corrected chi connectivity index (χ4v) is 3.52. The van der Waals surface area contributed by atoms with E-state index in [-0.39, 0.29) is 5.84 Å². The number of piperazine rings is 1. The molecule has 5 nitrogen and oxygen atoms in total. The van der Waals surface area contributed by atoms with Crippen LogP contribution in [-0.4, -0.2) is 47.7 Å². The van der Waals surface area contributed by atoms with Crippen molar-refractivity contribution in [3.05, 3.63) is 29.8 Å². The number of oxime groups is 1. The molecule has 2 fully saturated rings. The van der Waals surface area contributed by atoms with E-state index in [4.69, 9.17) is 10.9 Å². The number of hydrogen-bond donors (Lipinski definition) is 2. The van der Waals surface area contributed by atoms with Crippen molar-refractivity contribution < 1.29 is 5.21 Å². The lowest BCUT2D eigenvalue weighted by atomic mass is 10.0. The average Bonchev–Trinajstić information content (AvgIpc) is 2.92. The highest BCUT2D eigenvalue weighted by atomic mass is 16.4. The Hall–Kier alpha value is -1.75. The minimum Gasteiger partial charge on any atom is -0.409 e. The molecule has 0 spiro atoms. The molecule has 5 heteroatoms. The van der Waals surface area contributed by atoms with Crippen LogP contribution in [0.1, 0.15) is 25.3 Å². The van der Waals surface area contributed by atoms with E-state index < -0.39 is 0 Å². The minimum absolute atomic E-state index is 0.182. The maximum Gasteiger partial charge on any atom is 0.172 e. The molecule has 3 N–H and O–H groups in total. The third-order valence-corrected chi connectivity index (χ3v) is 4.53. The quantitative estimate of drug-likeness (QED) is 0.371. The second-order valence-electron chi connectivity index (χ2n) is 5.79. The molecule has 108 valence electrons. The predicted molar refractivity (Wildman–Crippen MR) is 80.4 cm³/mol. The van der Waals surface area contributed by atoms with Crippen molar-refractivity contribution in [2.75, 3.05) is 24.5 Å². The number of nitrogens with zero attached hydrogens (tertiary/aromatic N) is 3. The van der Waals surface area contributed by atoms with Gasteiger partial charge in [-0.15, -0.1) is 0 Å². The molecule has 0 aliphatic carbocycles. The van der Waals surface area contributed by atoms with E-state index in [9.17, 15) is 0 Å². The standard InChI is InChI=1S/C15H22N4O/c1-11-9-18-8-4-5-12(18)10-19(11)14-7-3-2-6-13(14)15(16)17-20/h2-3,6-7,11-12,20H,4-5,8-10H2,1H3,(H2,16,17). The minimum atomic E-state index is 0.182. The summed E-state index contributed by atoms with van der Waals surface area (Å²) in [4.78, 5) is 4.99. The summed E-state index contributed by atoms with van der Waals surface area (Å²) in [7, 11) is 0. The molecule has 2 atom stereocenters. The van der Waals surface area contributed by atoms with E-state index >= 15 is 0 Å². The van der Waals surface area contributed by atoms with Gasteiger partial charge in [-0.05, 0) is 38.4 Å². The Kier molecular flexibility index (Phi) is 3.53. The maximum absolute atomic E-state index is 8.96. The van der Waals surface area contributed by atoms with Crippen LogP contribution >= 0.6 is 0 Å². The van der Waals surface area contributed by atoms with Crippen molar-refractivity contribution >= 4 is 11.5 Å². The van der Waals surface area contributed by atoms with Crippen molar-refractivity contribution in [2.24, 2.45) is 10.9 Å². The lowest BCUT2D eigenvalue weighted by molar-refractivity contribution is 0.203. The number of rotatable bonds is 2. The van der Waals surface area contributed by atoms with Crippen LogP contribution in [0.2, 0.25) is 0 Å². The fraction of sp³-hybridized carbons (Fsp3) is 0.533. The van der Waals surface area contributed by atoms with Crippen molar-refractivity contribution in [1.82, 2.24) is 4.90 Å². The Bertz CT molecular complexity index is 516. The first kappa shape index (κ1) is 13.2. The van der Waals surface area contributed by atoms with Gasteiger partial charge in [-0.1, -0.05) is 17.3 Å². The molecule has 20 heavy (non-hydrogen) atoms. The van der Waals surface area contributed by atoms with Crippen LogP contribution in [-0.2, 0) is 0 Å². The van der Waals surface area contributed by atoms with Gasteiger partial charge in [-0.25, -0.2) is 0 Å². The van der Waals surface area contributed by atoms with Crippen LogP contribution in [0.25, 0.3) is 0 Å². The van der Waals surface area contributed by atoms with Crippen LogP contribution in [0.15, 0.2) is 29.4 Å². The van der Waals surface area contributed by atoms with Crippen molar-refractivity contribution in [3.8, 4) is 0 Å². The Labute approximate surface area is 119 Å². The van der Waals surface area contributed by atoms with Crippen LogP contribution < -0.4 is 10.6 Å². The number of amidine groups is 1.